The summed E-state index contributed by atoms with van der Waals surface area (Å²) in [7, 11) is -3.04. The van der Waals surface area contributed by atoms with Crippen molar-refractivity contribution >= 4 is 15.5 Å². The molecule has 1 fully saturated rings. The van der Waals surface area contributed by atoms with Crippen LogP contribution >= 0.6 is 0 Å². The van der Waals surface area contributed by atoms with Crippen molar-refractivity contribution in [3.8, 4) is 5.75 Å². The van der Waals surface area contributed by atoms with Crippen LogP contribution in [0.15, 0.2) is 18.2 Å². The van der Waals surface area contributed by atoms with Crippen molar-refractivity contribution in [3.63, 3.8) is 0 Å². The summed E-state index contributed by atoms with van der Waals surface area (Å²) in [4.78, 5) is 0. The van der Waals surface area contributed by atoms with Crippen molar-refractivity contribution in [2.24, 2.45) is 0 Å². The number of aliphatic hydroxyl groups excluding tert-OH is 1. The first-order chi connectivity index (χ1) is 9.95. The second-order valence-corrected chi connectivity index (χ2v) is 7.73. The number of hydrogen-bond donors (Lipinski definition) is 2. The normalized spacial score (nSPS) is 22.2. The zero-order valence-electron chi connectivity index (χ0n) is 12.5. The Balaban J connectivity index is 2.16. The Morgan fingerprint density at radius 2 is 2.14 bits per heavy atom. The van der Waals surface area contributed by atoms with Crippen LogP contribution in [0.3, 0.4) is 0 Å². The summed E-state index contributed by atoms with van der Waals surface area (Å²) in [6.07, 6.45) is 3.77. The predicted molar refractivity (Wildman–Crippen MR) is 83.4 cm³/mol. The molecule has 2 unspecified atom stereocenters. The molecule has 2 rings (SSSR count). The lowest BCUT2D eigenvalue weighted by molar-refractivity contribution is 0.267. The monoisotopic (exact) mass is 313 g/mol. The molecule has 0 spiro atoms. The number of sulfone groups is 1. The maximum atomic E-state index is 11.8. The van der Waals surface area contributed by atoms with Gasteiger partial charge in [-0.3, -0.25) is 0 Å². The summed E-state index contributed by atoms with van der Waals surface area (Å²) in [5.41, 5.74) is 1.53. The minimum absolute atomic E-state index is 0.0653. The minimum atomic E-state index is -3.04. The third kappa shape index (κ3) is 3.89. The van der Waals surface area contributed by atoms with Gasteiger partial charge in [0, 0.05) is 23.5 Å². The molecule has 1 aromatic carbocycles. The van der Waals surface area contributed by atoms with E-state index in [2.05, 4.69) is 5.32 Å². The highest BCUT2D eigenvalue weighted by Crippen LogP contribution is 2.30. The van der Waals surface area contributed by atoms with Crippen LogP contribution in [0, 0.1) is 0 Å². The molecule has 0 aromatic heterocycles. The van der Waals surface area contributed by atoms with E-state index in [1.807, 2.05) is 25.1 Å². The van der Waals surface area contributed by atoms with Crippen molar-refractivity contribution in [2.75, 3.05) is 18.2 Å². The van der Waals surface area contributed by atoms with Gasteiger partial charge in [-0.15, -0.1) is 0 Å². The van der Waals surface area contributed by atoms with Gasteiger partial charge in [-0.1, -0.05) is 0 Å². The van der Waals surface area contributed by atoms with E-state index in [0.29, 0.717) is 24.3 Å². The van der Waals surface area contributed by atoms with Gasteiger partial charge in [0.2, 0.25) is 0 Å². The molecular formula is C15H23NO4S. The zero-order valence-corrected chi connectivity index (χ0v) is 13.3. The Labute approximate surface area is 126 Å². The van der Waals surface area contributed by atoms with E-state index in [1.165, 1.54) is 6.26 Å². The second-order valence-electron chi connectivity index (χ2n) is 5.46. The van der Waals surface area contributed by atoms with Crippen molar-refractivity contribution < 1.29 is 18.3 Å². The highest BCUT2D eigenvalue weighted by Gasteiger charge is 2.34. The minimum Gasteiger partial charge on any atom is -0.494 e. The summed E-state index contributed by atoms with van der Waals surface area (Å²) in [5, 5.41) is 12.4. The summed E-state index contributed by atoms with van der Waals surface area (Å²) < 4.78 is 29.0. The fourth-order valence-electron chi connectivity index (χ4n) is 2.91. The van der Waals surface area contributed by atoms with Gasteiger partial charge in [-0.2, -0.15) is 0 Å². The topological polar surface area (TPSA) is 75.6 Å². The molecule has 1 aromatic rings. The molecule has 2 N–H and O–H groups in total. The standard InChI is InChI=1S/C15H23NO4S/c1-3-20-14-8-7-12(9-11(14)10-17)16-13-5-4-6-15(13)21(2,18)19/h7-9,13,15-17H,3-6,10H2,1-2H3. The molecule has 0 radical (unpaired) electrons. The van der Waals surface area contributed by atoms with E-state index in [1.54, 1.807) is 0 Å². The second kappa shape index (κ2) is 6.66. The lowest BCUT2D eigenvalue weighted by Gasteiger charge is -2.21. The number of hydrogen-bond acceptors (Lipinski definition) is 5. The molecule has 2 atom stereocenters. The fourth-order valence-corrected chi connectivity index (χ4v) is 4.30. The predicted octanol–water partition coefficient (Wildman–Crippen LogP) is 1.96. The molecule has 21 heavy (non-hydrogen) atoms. The van der Waals surface area contributed by atoms with Crippen LogP contribution in [0.2, 0.25) is 0 Å². The van der Waals surface area contributed by atoms with Gasteiger partial charge < -0.3 is 15.2 Å². The summed E-state index contributed by atoms with van der Waals surface area (Å²) in [5.74, 6) is 0.664. The SMILES string of the molecule is CCOc1ccc(NC2CCCC2S(C)(=O)=O)cc1CO. The lowest BCUT2D eigenvalue weighted by atomic mass is 10.1. The average molecular weight is 313 g/mol. The van der Waals surface area contributed by atoms with Crippen molar-refractivity contribution in [1.82, 2.24) is 0 Å². The highest BCUT2D eigenvalue weighted by molar-refractivity contribution is 7.91. The third-order valence-electron chi connectivity index (χ3n) is 3.89. The average Bonchev–Trinajstić information content (AvgIpc) is 2.89. The molecular weight excluding hydrogens is 290 g/mol. The van der Waals surface area contributed by atoms with Gasteiger partial charge in [-0.25, -0.2) is 8.42 Å². The first-order valence-corrected chi connectivity index (χ1v) is 9.23. The van der Waals surface area contributed by atoms with Gasteiger partial charge in [-0.05, 0) is 44.4 Å². The summed E-state index contributed by atoms with van der Waals surface area (Å²) in [6, 6.07) is 5.43. The lowest BCUT2D eigenvalue weighted by Crippen LogP contribution is -2.34. The van der Waals surface area contributed by atoms with Crippen molar-refractivity contribution in [1.29, 1.82) is 0 Å². The van der Waals surface area contributed by atoms with Crippen LogP contribution in [-0.4, -0.2) is 37.7 Å². The van der Waals surface area contributed by atoms with Crippen LogP contribution in [0.5, 0.6) is 5.75 Å². The van der Waals surface area contributed by atoms with Crippen molar-refractivity contribution in [3.05, 3.63) is 23.8 Å². The zero-order chi connectivity index (χ0) is 15.5. The van der Waals surface area contributed by atoms with E-state index in [0.717, 1.165) is 18.5 Å². The number of nitrogens with one attached hydrogen (secondary N) is 1. The van der Waals surface area contributed by atoms with Crippen LogP contribution in [0.1, 0.15) is 31.7 Å². The molecule has 5 nitrogen and oxygen atoms in total. The number of benzene rings is 1. The van der Waals surface area contributed by atoms with Gasteiger partial charge in [0.25, 0.3) is 0 Å². The van der Waals surface area contributed by atoms with E-state index < -0.39 is 9.84 Å². The summed E-state index contributed by atoms with van der Waals surface area (Å²) >= 11 is 0. The number of anilines is 1. The van der Waals surface area contributed by atoms with Gasteiger partial charge >= 0.3 is 0 Å². The maximum Gasteiger partial charge on any atom is 0.152 e. The van der Waals surface area contributed by atoms with Gasteiger partial charge in [0.15, 0.2) is 9.84 Å². The quantitative estimate of drug-likeness (QED) is 0.839. The molecule has 6 heteroatoms. The molecule has 0 bridgehead atoms. The van der Waals surface area contributed by atoms with Gasteiger partial charge in [0.05, 0.1) is 18.5 Å². The first-order valence-electron chi connectivity index (χ1n) is 7.27. The molecule has 1 aliphatic carbocycles. The molecule has 0 saturated heterocycles. The van der Waals surface area contributed by atoms with Gasteiger partial charge in [0.1, 0.15) is 5.75 Å². The van der Waals surface area contributed by atoms with E-state index >= 15 is 0 Å². The molecule has 0 amide bonds. The Kier molecular flexibility index (Phi) is 5.11. The molecule has 0 heterocycles. The number of ether oxygens (including phenoxy) is 1. The molecule has 1 aliphatic rings. The van der Waals surface area contributed by atoms with Crippen LogP contribution in [-0.2, 0) is 16.4 Å². The number of aliphatic hydroxyl groups is 1. The highest BCUT2D eigenvalue weighted by atomic mass is 32.2. The molecule has 1 saturated carbocycles. The molecule has 0 aliphatic heterocycles. The maximum absolute atomic E-state index is 11.8. The van der Waals surface area contributed by atoms with Crippen LogP contribution < -0.4 is 10.1 Å². The Morgan fingerprint density at radius 3 is 2.76 bits per heavy atom. The Morgan fingerprint density at radius 1 is 1.38 bits per heavy atom. The summed E-state index contributed by atoms with van der Waals surface area (Å²) in [6.45, 7) is 2.33. The van der Waals surface area contributed by atoms with E-state index in [-0.39, 0.29) is 17.9 Å². The Hall–Kier alpha value is -1.27. The largest absolute Gasteiger partial charge is 0.494 e. The third-order valence-corrected chi connectivity index (χ3v) is 5.55. The van der Waals surface area contributed by atoms with E-state index in [9.17, 15) is 13.5 Å². The van der Waals surface area contributed by atoms with E-state index in [4.69, 9.17) is 4.74 Å². The smallest absolute Gasteiger partial charge is 0.152 e. The first kappa shape index (κ1) is 16.1. The Bertz CT molecular complexity index is 585. The van der Waals surface area contributed by atoms with Crippen LogP contribution in [0.25, 0.3) is 0 Å². The van der Waals surface area contributed by atoms with Crippen LogP contribution in [0.4, 0.5) is 5.69 Å². The van der Waals surface area contributed by atoms with Crippen molar-refractivity contribution in [2.45, 2.75) is 44.1 Å². The number of rotatable bonds is 6. The molecule has 118 valence electrons. The fraction of sp³-hybridized carbons (Fsp3) is 0.600.